The summed E-state index contributed by atoms with van der Waals surface area (Å²) < 4.78 is 18.6. The van der Waals surface area contributed by atoms with Gasteiger partial charge in [0, 0.05) is 11.5 Å². The second kappa shape index (κ2) is 10.8. The van der Waals surface area contributed by atoms with E-state index < -0.39 is 13.4 Å². The minimum absolute atomic E-state index is 0.0999. The van der Waals surface area contributed by atoms with E-state index in [4.69, 9.17) is 9.76 Å². The van der Waals surface area contributed by atoms with Crippen molar-refractivity contribution in [2.75, 3.05) is 0 Å². The summed E-state index contributed by atoms with van der Waals surface area (Å²) in [7, 11) is -0.397. The summed E-state index contributed by atoms with van der Waals surface area (Å²) in [4.78, 5) is 3.58. The summed E-state index contributed by atoms with van der Waals surface area (Å²) in [6.45, 7) is 11.1. The Morgan fingerprint density at radius 3 is 2.55 bits per heavy atom. The molecule has 1 aromatic rings. The molecular weight excluding hydrogens is 256 g/mol. The molecule has 1 aromatic heterocycles. The lowest BCUT2D eigenvalue weighted by Crippen LogP contribution is -2.19. The Morgan fingerprint density at radius 2 is 2.05 bits per heavy atom. The summed E-state index contributed by atoms with van der Waals surface area (Å²) in [5.41, 5.74) is 0.123. The number of rotatable bonds is 6. The summed E-state index contributed by atoms with van der Waals surface area (Å²) in [5, 5.41) is 8.81. The molecule has 0 saturated heterocycles. The first-order valence-corrected chi connectivity index (χ1v) is 6.27. The van der Waals surface area contributed by atoms with E-state index in [1.54, 1.807) is 24.3 Å². The molecule has 1 heterocycles. The lowest BCUT2D eigenvalue weighted by atomic mass is 9.90. The normalized spacial score (nSPS) is 10.5. The van der Waals surface area contributed by atoms with Crippen molar-refractivity contribution in [1.29, 1.82) is 0 Å². The van der Waals surface area contributed by atoms with Gasteiger partial charge in [0.05, 0.1) is 0 Å². The summed E-state index contributed by atoms with van der Waals surface area (Å²) in [6, 6.07) is 2.89. The van der Waals surface area contributed by atoms with Crippen molar-refractivity contribution in [2.45, 2.75) is 13.8 Å². The molecule has 0 radical (unpaired) electrons. The number of hydrogen-bond donors (Lipinski definition) is 1. The second-order valence-electron chi connectivity index (χ2n) is 3.25. The van der Waals surface area contributed by atoms with Crippen LogP contribution in [-0.4, -0.2) is 17.5 Å². The van der Waals surface area contributed by atoms with Gasteiger partial charge in [0.15, 0.2) is 0 Å². The maximum atomic E-state index is 13.3. The number of aromatic nitrogens is 1. The molecule has 0 atom stereocenters. The Bertz CT molecular complexity index is 499. The van der Waals surface area contributed by atoms with E-state index in [1.807, 2.05) is 13.8 Å². The van der Waals surface area contributed by atoms with E-state index in [2.05, 4.69) is 18.1 Å². The Morgan fingerprint density at radius 1 is 1.35 bits per heavy atom. The number of ether oxygens (including phenoxy) is 1. The minimum Gasteiger partial charge on any atom is -0.449 e. The minimum atomic E-state index is -0.750. The van der Waals surface area contributed by atoms with Crippen LogP contribution in [0.2, 0.25) is 0 Å². The van der Waals surface area contributed by atoms with Crippen molar-refractivity contribution in [3.63, 3.8) is 0 Å². The third-order valence-electron chi connectivity index (χ3n) is 2.00. The number of allylic oxidation sites excluding steroid dienone is 5. The van der Waals surface area contributed by atoms with Crippen LogP contribution < -0.4 is 10.2 Å². The molecular formula is C15H19BFNO2. The standard InChI is InChI=1S/C13H13BFNO2.C2H6/c1-3-5-6-7-10(4-2)18-12-9-8-11(14-17)13(15)16-12;1-2/h3-9,14,17H,1-2H2;1-2H3/b6-5-,10-7+;. The molecule has 0 bridgehead atoms. The van der Waals surface area contributed by atoms with Gasteiger partial charge in [0.1, 0.15) is 5.76 Å². The number of pyridine rings is 1. The van der Waals surface area contributed by atoms with Crippen LogP contribution in [0, 0.1) is 5.95 Å². The monoisotopic (exact) mass is 275 g/mol. The van der Waals surface area contributed by atoms with Gasteiger partial charge in [-0.2, -0.15) is 9.37 Å². The molecule has 0 saturated carbocycles. The largest absolute Gasteiger partial charge is 0.449 e. The van der Waals surface area contributed by atoms with Crippen LogP contribution >= 0.6 is 0 Å². The molecule has 0 aliphatic carbocycles. The molecule has 1 rings (SSSR count). The van der Waals surface area contributed by atoms with Gasteiger partial charge in [-0.25, -0.2) is 0 Å². The molecule has 106 valence electrons. The van der Waals surface area contributed by atoms with Gasteiger partial charge in [-0.1, -0.05) is 51.3 Å². The number of hydrogen-bond acceptors (Lipinski definition) is 3. The van der Waals surface area contributed by atoms with Gasteiger partial charge in [-0.15, -0.1) is 0 Å². The zero-order chi connectivity index (χ0) is 15.4. The predicted octanol–water partition coefficient (Wildman–Crippen LogP) is 2.41. The first-order chi connectivity index (χ1) is 9.71. The van der Waals surface area contributed by atoms with E-state index in [0.29, 0.717) is 5.76 Å². The van der Waals surface area contributed by atoms with E-state index in [0.717, 1.165) is 0 Å². The van der Waals surface area contributed by atoms with Crippen LogP contribution in [0.3, 0.4) is 0 Å². The lowest BCUT2D eigenvalue weighted by molar-refractivity contribution is 0.415. The zero-order valence-electron chi connectivity index (χ0n) is 11.8. The maximum absolute atomic E-state index is 13.3. The maximum Gasteiger partial charge on any atom is 0.309 e. The molecule has 0 fully saturated rings. The van der Waals surface area contributed by atoms with Crippen LogP contribution in [0.15, 0.2) is 61.4 Å². The van der Waals surface area contributed by atoms with Crippen LogP contribution in [0.4, 0.5) is 4.39 Å². The highest BCUT2D eigenvalue weighted by Gasteiger charge is 2.06. The molecule has 0 aliphatic heterocycles. The SMILES string of the molecule is C=C/C=C\C=C(/C=C)Oc1ccc(BO)c(F)n1.CC. The highest BCUT2D eigenvalue weighted by atomic mass is 19.1. The van der Waals surface area contributed by atoms with Crippen LogP contribution in [0.25, 0.3) is 0 Å². The third-order valence-corrected chi connectivity index (χ3v) is 2.00. The van der Waals surface area contributed by atoms with Crippen molar-refractivity contribution in [1.82, 2.24) is 4.98 Å². The fourth-order valence-corrected chi connectivity index (χ4v) is 1.11. The van der Waals surface area contributed by atoms with E-state index in [9.17, 15) is 4.39 Å². The fraction of sp³-hybridized carbons (Fsp3) is 0.133. The first kappa shape index (κ1) is 17.9. The van der Waals surface area contributed by atoms with Gasteiger partial charge >= 0.3 is 7.48 Å². The van der Waals surface area contributed by atoms with Gasteiger partial charge in [0.2, 0.25) is 11.8 Å². The van der Waals surface area contributed by atoms with Crippen molar-refractivity contribution in [3.05, 3.63) is 67.4 Å². The molecule has 0 unspecified atom stereocenters. The van der Waals surface area contributed by atoms with Gasteiger partial charge < -0.3 is 9.76 Å². The molecule has 5 heteroatoms. The molecule has 0 spiro atoms. The fourth-order valence-electron chi connectivity index (χ4n) is 1.11. The Hall–Kier alpha value is -2.14. The predicted molar refractivity (Wildman–Crippen MR) is 82.8 cm³/mol. The van der Waals surface area contributed by atoms with E-state index >= 15 is 0 Å². The smallest absolute Gasteiger partial charge is 0.309 e. The Kier molecular flexibility index (Phi) is 9.61. The van der Waals surface area contributed by atoms with Gasteiger partial charge in [-0.3, -0.25) is 0 Å². The topological polar surface area (TPSA) is 42.4 Å². The van der Waals surface area contributed by atoms with Crippen molar-refractivity contribution >= 4 is 12.9 Å². The lowest BCUT2D eigenvalue weighted by Gasteiger charge is -2.05. The van der Waals surface area contributed by atoms with Crippen molar-refractivity contribution in [3.8, 4) is 5.88 Å². The summed E-state index contributed by atoms with van der Waals surface area (Å²) in [6.07, 6.45) is 8.17. The molecule has 0 amide bonds. The van der Waals surface area contributed by atoms with Crippen LogP contribution in [0.5, 0.6) is 5.88 Å². The number of halogens is 1. The highest BCUT2D eigenvalue weighted by Crippen LogP contribution is 2.10. The Labute approximate surface area is 120 Å². The van der Waals surface area contributed by atoms with Crippen LogP contribution in [-0.2, 0) is 0 Å². The average Bonchev–Trinajstić information content (AvgIpc) is 2.48. The van der Waals surface area contributed by atoms with Gasteiger partial charge in [-0.05, 0) is 12.2 Å². The molecule has 3 nitrogen and oxygen atoms in total. The summed E-state index contributed by atoms with van der Waals surface area (Å²) in [5.74, 6) is -0.223. The molecule has 0 aliphatic rings. The quantitative estimate of drug-likeness (QED) is 0.375. The van der Waals surface area contributed by atoms with Gasteiger partial charge in [0.25, 0.3) is 0 Å². The molecule has 20 heavy (non-hydrogen) atoms. The van der Waals surface area contributed by atoms with Crippen molar-refractivity contribution in [2.24, 2.45) is 0 Å². The van der Waals surface area contributed by atoms with Crippen molar-refractivity contribution < 1.29 is 14.2 Å². The molecule has 1 N–H and O–H groups in total. The number of nitrogens with zero attached hydrogens (tertiary/aromatic N) is 1. The highest BCUT2D eigenvalue weighted by molar-refractivity contribution is 6.45. The first-order valence-electron chi connectivity index (χ1n) is 6.27. The van der Waals surface area contributed by atoms with E-state index in [1.165, 1.54) is 18.2 Å². The van der Waals surface area contributed by atoms with Crippen LogP contribution in [0.1, 0.15) is 13.8 Å². The summed E-state index contributed by atoms with van der Waals surface area (Å²) >= 11 is 0. The average molecular weight is 275 g/mol. The zero-order valence-corrected chi connectivity index (χ0v) is 11.8. The molecule has 0 aromatic carbocycles. The van der Waals surface area contributed by atoms with E-state index in [-0.39, 0.29) is 11.3 Å². The second-order valence-corrected chi connectivity index (χ2v) is 3.25. The Balaban J connectivity index is 0.00000172. The third kappa shape index (κ3) is 6.16.